The largest absolute Gasteiger partial charge is 0.449 e. The van der Waals surface area contributed by atoms with Gasteiger partial charge in [0.25, 0.3) is 0 Å². The highest BCUT2D eigenvalue weighted by Gasteiger charge is 2.37. The second-order valence-electron chi connectivity index (χ2n) is 5.89. The highest BCUT2D eigenvalue weighted by Crippen LogP contribution is 2.49. The van der Waals surface area contributed by atoms with Gasteiger partial charge in [-0.15, -0.1) is 0 Å². The Labute approximate surface area is 129 Å². The van der Waals surface area contributed by atoms with Crippen LogP contribution in [0, 0.1) is 0 Å². The Morgan fingerprint density at radius 3 is 2.68 bits per heavy atom. The Hall–Kier alpha value is -2.13. The normalized spacial score (nSPS) is 20.6. The number of para-hydroxylation sites is 1. The summed E-state index contributed by atoms with van der Waals surface area (Å²) in [5.41, 5.74) is 1.71. The minimum absolute atomic E-state index is 0.0433. The fraction of sp³-hybridized carbons (Fsp3) is 0.316. The van der Waals surface area contributed by atoms with E-state index in [9.17, 15) is 4.79 Å². The quantitative estimate of drug-likeness (QED) is 0.531. The maximum Gasteiger partial charge on any atom is 0.180 e. The van der Waals surface area contributed by atoms with E-state index >= 15 is 0 Å². The zero-order valence-electron chi connectivity index (χ0n) is 12.3. The van der Waals surface area contributed by atoms with Crippen molar-refractivity contribution in [2.24, 2.45) is 0 Å². The molecule has 3 heteroatoms. The SMILES string of the molecule is O=C(c1cccc2c1O2)C(c1ccccc1)C1CCCCO1. The first kappa shape index (κ1) is 13.5. The third-order valence-corrected chi connectivity index (χ3v) is 4.44. The summed E-state index contributed by atoms with van der Waals surface area (Å²) in [6.07, 6.45) is 3.08. The molecule has 3 nitrogen and oxygen atoms in total. The van der Waals surface area contributed by atoms with Crippen LogP contribution < -0.4 is 4.74 Å². The molecule has 0 aromatic heterocycles. The Kier molecular flexibility index (Phi) is 3.43. The molecule has 1 saturated heterocycles. The van der Waals surface area contributed by atoms with E-state index in [1.54, 1.807) is 0 Å². The van der Waals surface area contributed by atoms with E-state index in [0.29, 0.717) is 5.56 Å². The van der Waals surface area contributed by atoms with E-state index in [4.69, 9.17) is 9.47 Å². The molecule has 2 aromatic carbocycles. The fourth-order valence-electron chi connectivity index (χ4n) is 3.27. The molecule has 2 aliphatic rings. The van der Waals surface area contributed by atoms with Crippen LogP contribution in [-0.2, 0) is 4.74 Å². The average molecular weight is 294 g/mol. The van der Waals surface area contributed by atoms with Crippen LogP contribution in [0.4, 0.5) is 0 Å². The molecule has 4 rings (SSSR count). The molecule has 2 heterocycles. The van der Waals surface area contributed by atoms with E-state index in [0.717, 1.165) is 42.9 Å². The number of Topliss-reactive ketones (excluding diaryl/α,β-unsaturated/α-hetero) is 1. The van der Waals surface area contributed by atoms with Crippen LogP contribution in [0.2, 0.25) is 0 Å². The number of benzene rings is 2. The highest BCUT2D eigenvalue weighted by molar-refractivity contribution is 6.05. The van der Waals surface area contributed by atoms with Crippen molar-refractivity contribution in [3.63, 3.8) is 0 Å². The van der Waals surface area contributed by atoms with Crippen molar-refractivity contribution in [3.05, 3.63) is 59.7 Å². The highest BCUT2D eigenvalue weighted by atomic mass is 16.6. The zero-order chi connectivity index (χ0) is 14.9. The molecule has 0 N–H and O–H groups in total. The number of carbonyl (C=O) groups excluding carboxylic acids is 1. The number of carbonyl (C=O) groups is 1. The van der Waals surface area contributed by atoms with Crippen molar-refractivity contribution in [3.8, 4) is 11.5 Å². The minimum Gasteiger partial charge on any atom is -0.449 e. The van der Waals surface area contributed by atoms with Crippen LogP contribution in [0.3, 0.4) is 0 Å². The predicted molar refractivity (Wildman–Crippen MR) is 83.6 cm³/mol. The van der Waals surface area contributed by atoms with Crippen molar-refractivity contribution in [1.29, 1.82) is 0 Å². The summed E-state index contributed by atoms with van der Waals surface area (Å²) in [5.74, 6) is 1.41. The summed E-state index contributed by atoms with van der Waals surface area (Å²) in [6, 6.07) is 15.6. The first-order chi connectivity index (χ1) is 10.8. The smallest absolute Gasteiger partial charge is 0.180 e. The van der Waals surface area contributed by atoms with Gasteiger partial charge in [0.15, 0.2) is 17.3 Å². The van der Waals surface area contributed by atoms with Crippen LogP contribution in [0.15, 0.2) is 48.5 Å². The Morgan fingerprint density at radius 1 is 1.05 bits per heavy atom. The summed E-state index contributed by atoms with van der Waals surface area (Å²) >= 11 is 0. The number of fused-ring (bicyclic) bond motifs is 1. The number of hydrogen-bond acceptors (Lipinski definition) is 3. The van der Waals surface area contributed by atoms with Crippen molar-refractivity contribution in [2.45, 2.75) is 31.3 Å². The second kappa shape index (κ2) is 5.58. The standard InChI is InChI=1S/C19H18O3/c20-18(14-9-6-11-16-19(14)22-16)17(13-7-2-1-3-8-13)15-10-4-5-12-21-15/h1-3,6-9,11,15,17H,4-5,10,12H2. The third-order valence-electron chi connectivity index (χ3n) is 4.44. The molecule has 2 unspecified atom stereocenters. The first-order valence-electron chi connectivity index (χ1n) is 7.86. The van der Waals surface area contributed by atoms with Crippen LogP contribution in [0.25, 0.3) is 0 Å². The van der Waals surface area contributed by atoms with Gasteiger partial charge in [0, 0.05) is 6.61 Å². The molecule has 112 valence electrons. The molecule has 0 aliphatic carbocycles. The molecule has 22 heavy (non-hydrogen) atoms. The van der Waals surface area contributed by atoms with Gasteiger partial charge in [-0.3, -0.25) is 4.79 Å². The lowest BCUT2D eigenvalue weighted by atomic mass is 9.83. The van der Waals surface area contributed by atoms with E-state index in [2.05, 4.69) is 0 Å². The summed E-state index contributed by atoms with van der Waals surface area (Å²) in [5, 5.41) is 0. The van der Waals surface area contributed by atoms with Gasteiger partial charge in [-0.1, -0.05) is 36.4 Å². The zero-order valence-corrected chi connectivity index (χ0v) is 12.3. The van der Waals surface area contributed by atoms with Crippen molar-refractivity contribution < 1.29 is 14.3 Å². The van der Waals surface area contributed by atoms with Gasteiger partial charge in [-0.25, -0.2) is 0 Å². The average Bonchev–Trinajstić information content (AvgIpc) is 3.36. The van der Waals surface area contributed by atoms with Gasteiger partial charge < -0.3 is 9.47 Å². The first-order valence-corrected chi connectivity index (χ1v) is 7.86. The lowest BCUT2D eigenvalue weighted by Gasteiger charge is -2.30. The van der Waals surface area contributed by atoms with Gasteiger partial charge in [0.05, 0.1) is 17.6 Å². The predicted octanol–water partition coefficient (Wildman–Crippen LogP) is 4.33. The summed E-state index contributed by atoms with van der Waals surface area (Å²) in [4.78, 5) is 13.1. The molecule has 0 amide bonds. The van der Waals surface area contributed by atoms with E-state index in [1.165, 1.54) is 0 Å². The molecular formula is C19H18O3. The van der Waals surface area contributed by atoms with Crippen molar-refractivity contribution >= 4 is 5.78 Å². The Morgan fingerprint density at radius 2 is 1.91 bits per heavy atom. The molecule has 1 fully saturated rings. The molecule has 0 saturated carbocycles. The molecule has 0 bridgehead atoms. The maximum atomic E-state index is 13.1. The van der Waals surface area contributed by atoms with Crippen molar-refractivity contribution in [2.75, 3.05) is 6.61 Å². The number of ketones is 1. The number of hydrogen-bond donors (Lipinski definition) is 0. The van der Waals surface area contributed by atoms with Gasteiger partial charge in [0.2, 0.25) is 0 Å². The number of ether oxygens (including phenoxy) is 2. The van der Waals surface area contributed by atoms with E-state index < -0.39 is 0 Å². The van der Waals surface area contributed by atoms with Gasteiger partial charge in [-0.05, 0) is 37.0 Å². The molecule has 0 spiro atoms. The lowest BCUT2D eigenvalue weighted by molar-refractivity contribution is 0.00179. The molecular weight excluding hydrogens is 276 g/mol. The third kappa shape index (κ3) is 2.42. The van der Waals surface area contributed by atoms with Crippen LogP contribution in [0.1, 0.15) is 41.1 Å². The van der Waals surface area contributed by atoms with Crippen LogP contribution in [0.5, 0.6) is 11.5 Å². The van der Waals surface area contributed by atoms with E-state index in [-0.39, 0.29) is 17.8 Å². The summed E-state index contributed by atoms with van der Waals surface area (Å²) in [6.45, 7) is 0.741. The van der Waals surface area contributed by atoms with Crippen LogP contribution >= 0.6 is 0 Å². The second-order valence-corrected chi connectivity index (χ2v) is 5.89. The Bertz CT molecular complexity index is 687. The Balaban J connectivity index is 1.71. The summed E-state index contributed by atoms with van der Waals surface area (Å²) in [7, 11) is 0. The molecule has 2 aliphatic heterocycles. The van der Waals surface area contributed by atoms with E-state index in [1.807, 2.05) is 48.5 Å². The minimum atomic E-state index is -0.253. The molecule has 2 aromatic rings. The summed E-state index contributed by atoms with van der Waals surface area (Å²) < 4.78 is 11.3. The van der Waals surface area contributed by atoms with Crippen molar-refractivity contribution in [1.82, 2.24) is 0 Å². The maximum absolute atomic E-state index is 13.1. The lowest BCUT2D eigenvalue weighted by Crippen LogP contribution is -2.31. The topological polar surface area (TPSA) is 38.8 Å². The van der Waals surface area contributed by atoms with Crippen LogP contribution in [-0.4, -0.2) is 18.5 Å². The van der Waals surface area contributed by atoms with Gasteiger partial charge in [-0.2, -0.15) is 0 Å². The van der Waals surface area contributed by atoms with Gasteiger partial charge >= 0.3 is 0 Å². The molecule has 2 atom stereocenters. The number of rotatable bonds is 4. The van der Waals surface area contributed by atoms with Gasteiger partial charge in [0.1, 0.15) is 0 Å². The monoisotopic (exact) mass is 294 g/mol. The molecule has 0 radical (unpaired) electrons. The fourth-order valence-corrected chi connectivity index (χ4v) is 3.27.